The zero-order chi connectivity index (χ0) is 22.9. The minimum absolute atomic E-state index is 0.00466. The first-order chi connectivity index (χ1) is 15.2. The zero-order valence-corrected chi connectivity index (χ0v) is 16.6. The average molecular weight is 447 g/mol. The molecule has 1 N–H and O–H groups in total. The van der Waals surface area contributed by atoms with Gasteiger partial charge in [-0.1, -0.05) is 23.4 Å². The lowest BCUT2D eigenvalue weighted by atomic mass is 10.2. The molecular formula is C21H17F4N5O2. The zero-order valence-electron chi connectivity index (χ0n) is 16.6. The van der Waals surface area contributed by atoms with Gasteiger partial charge < -0.3 is 10.2 Å². The Morgan fingerprint density at radius 3 is 2.53 bits per heavy atom. The second kappa shape index (κ2) is 8.40. The van der Waals surface area contributed by atoms with Gasteiger partial charge in [0, 0.05) is 25.2 Å². The first kappa shape index (κ1) is 21.5. The molecule has 2 amide bonds. The maximum absolute atomic E-state index is 13.7. The van der Waals surface area contributed by atoms with Gasteiger partial charge in [-0.15, -0.1) is 5.10 Å². The molecule has 0 unspecified atom stereocenters. The Hall–Kier alpha value is -3.76. The molecule has 4 rings (SSSR count). The normalized spacial score (nSPS) is 14.1. The summed E-state index contributed by atoms with van der Waals surface area (Å²) in [6.45, 7) is 0.506. The van der Waals surface area contributed by atoms with Gasteiger partial charge >= 0.3 is 6.18 Å². The Labute approximate surface area is 179 Å². The van der Waals surface area contributed by atoms with E-state index in [2.05, 4.69) is 15.6 Å². The van der Waals surface area contributed by atoms with E-state index in [1.54, 1.807) is 29.2 Å². The second-order valence-corrected chi connectivity index (χ2v) is 7.18. The van der Waals surface area contributed by atoms with Gasteiger partial charge in [0.15, 0.2) is 11.4 Å². The highest BCUT2D eigenvalue weighted by Crippen LogP contribution is 2.33. The minimum atomic E-state index is -4.96. The van der Waals surface area contributed by atoms with Crippen molar-refractivity contribution in [1.82, 2.24) is 20.3 Å². The van der Waals surface area contributed by atoms with Crippen molar-refractivity contribution in [2.75, 3.05) is 11.4 Å². The van der Waals surface area contributed by atoms with Crippen molar-refractivity contribution in [1.29, 1.82) is 0 Å². The summed E-state index contributed by atoms with van der Waals surface area (Å²) in [4.78, 5) is 26.1. The van der Waals surface area contributed by atoms with Crippen LogP contribution in [0.25, 0.3) is 5.69 Å². The number of halogens is 4. The molecule has 0 spiro atoms. The number of carbonyl (C=O) groups is 2. The molecule has 0 aliphatic carbocycles. The predicted molar refractivity (Wildman–Crippen MR) is 106 cm³/mol. The van der Waals surface area contributed by atoms with Crippen molar-refractivity contribution in [2.45, 2.75) is 25.6 Å². The van der Waals surface area contributed by atoms with E-state index in [-0.39, 0.29) is 18.1 Å². The lowest BCUT2D eigenvalue weighted by Crippen LogP contribution is -2.27. The summed E-state index contributed by atoms with van der Waals surface area (Å²) in [5.41, 5.74) is -1.29. The molecule has 1 aliphatic heterocycles. The van der Waals surface area contributed by atoms with Crippen LogP contribution in [0.1, 0.15) is 34.6 Å². The van der Waals surface area contributed by atoms with Crippen LogP contribution in [0, 0.1) is 5.82 Å². The molecule has 166 valence electrons. The van der Waals surface area contributed by atoms with E-state index < -0.39 is 29.3 Å². The number of alkyl halides is 3. The molecular weight excluding hydrogens is 430 g/mol. The third-order valence-electron chi connectivity index (χ3n) is 4.96. The van der Waals surface area contributed by atoms with Gasteiger partial charge in [0.25, 0.3) is 5.91 Å². The largest absolute Gasteiger partial charge is 0.435 e. The van der Waals surface area contributed by atoms with Crippen LogP contribution >= 0.6 is 0 Å². The fraction of sp³-hybridized carbons (Fsp3) is 0.238. The average Bonchev–Trinajstić information content (AvgIpc) is 3.39. The molecule has 3 aromatic rings. The molecule has 1 aromatic heterocycles. The molecule has 7 nitrogen and oxygen atoms in total. The number of anilines is 1. The highest BCUT2D eigenvalue weighted by Gasteiger charge is 2.42. The number of hydrogen-bond acceptors (Lipinski definition) is 4. The van der Waals surface area contributed by atoms with Crippen molar-refractivity contribution in [3.8, 4) is 5.69 Å². The quantitative estimate of drug-likeness (QED) is 0.608. The maximum Gasteiger partial charge on any atom is 0.435 e. The Balaban J connectivity index is 1.56. The lowest BCUT2D eigenvalue weighted by molar-refractivity contribution is -0.143. The molecule has 32 heavy (non-hydrogen) atoms. The standard InChI is InChI=1S/C21H17F4N5O2/c22-14-5-2-7-16(11-14)30-19(21(23,24)25)18(27-28-30)20(32)26-12-13-4-1-6-15(10-13)29-9-3-8-17(29)31/h1-2,4-7,10-11H,3,8-9,12H2,(H,26,32). The number of amides is 2. The van der Waals surface area contributed by atoms with Crippen molar-refractivity contribution in [2.24, 2.45) is 0 Å². The van der Waals surface area contributed by atoms with Gasteiger partial charge in [0.2, 0.25) is 5.91 Å². The van der Waals surface area contributed by atoms with Gasteiger partial charge in [-0.2, -0.15) is 13.2 Å². The first-order valence-corrected chi connectivity index (χ1v) is 9.70. The SMILES string of the molecule is O=C(NCc1cccc(N2CCCC2=O)c1)c1nnn(-c2cccc(F)c2)c1C(F)(F)F. The summed E-state index contributed by atoms with van der Waals surface area (Å²) in [7, 11) is 0. The van der Waals surface area contributed by atoms with Crippen LogP contribution in [0.2, 0.25) is 0 Å². The number of aromatic nitrogens is 3. The smallest absolute Gasteiger partial charge is 0.346 e. The summed E-state index contributed by atoms with van der Waals surface area (Å²) < 4.78 is 55.0. The van der Waals surface area contributed by atoms with Gasteiger partial charge in [-0.05, 0) is 42.3 Å². The van der Waals surface area contributed by atoms with E-state index >= 15 is 0 Å². The van der Waals surface area contributed by atoms with Crippen LogP contribution in [0.4, 0.5) is 23.2 Å². The molecule has 1 saturated heterocycles. The molecule has 0 atom stereocenters. The number of hydrogen-bond donors (Lipinski definition) is 1. The summed E-state index contributed by atoms with van der Waals surface area (Å²) in [5, 5.41) is 9.22. The second-order valence-electron chi connectivity index (χ2n) is 7.18. The number of carbonyl (C=O) groups excluding carboxylic acids is 2. The third-order valence-corrected chi connectivity index (χ3v) is 4.96. The van der Waals surface area contributed by atoms with Crippen LogP contribution in [0.15, 0.2) is 48.5 Å². The fourth-order valence-corrected chi connectivity index (χ4v) is 3.50. The van der Waals surface area contributed by atoms with Crippen LogP contribution < -0.4 is 10.2 Å². The Morgan fingerprint density at radius 2 is 1.84 bits per heavy atom. The summed E-state index contributed by atoms with van der Waals surface area (Å²) >= 11 is 0. The van der Waals surface area contributed by atoms with Crippen LogP contribution in [0.5, 0.6) is 0 Å². The predicted octanol–water partition coefficient (Wildman–Crippen LogP) is 3.48. The van der Waals surface area contributed by atoms with E-state index in [0.29, 0.717) is 28.9 Å². The molecule has 2 aromatic carbocycles. The molecule has 1 fully saturated rings. The third kappa shape index (κ3) is 4.32. The topological polar surface area (TPSA) is 80.1 Å². The first-order valence-electron chi connectivity index (χ1n) is 9.70. The minimum Gasteiger partial charge on any atom is -0.346 e. The fourth-order valence-electron chi connectivity index (χ4n) is 3.50. The number of benzene rings is 2. The highest BCUT2D eigenvalue weighted by molar-refractivity contribution is 5.95. The molecule has 2 heterocycles. The number of rotatable bonds is 5. The van der Waals surface area contributed by atoms with Gasteiger partial charge in [0.05, 0.1) is 5.69 Å². The van der Waals surface area contributed by atoms with Crippen LogP contribution in [0.3, 0.4) is 0 Å². The van der Waals surface area contributed by atoms with Crippen molar-refractivity contribution in [3.05, 3.63) is 71.3 Å². The van der Waals surface area contributed by atoms with Gasteiger partial charge in [-0.25, -0.2) is 9.07 Å². The van der Waals surface area contributed by atoms with Crippen molar-refractivity contribution >= 4 is 17.5 Å². The molecule has 1 aliphatic rings. The van der Waals surface area contributed by atoms with Crippen molar-refractivity contribution in [3.63, 3.8) is 0 Å². The van der Waals surface area contributed by atoms with E-state index in [4.69, 9.17) is 0 Å². The van der Waals surface area contributed by atoms with Gasteiger partial charge in [0.1, 0.15) is 5.82 Å². The molecule has 0 saturated carbocycles. The van der Waals surface area contributed by atoms with E-state index in [1.165, 1.54) is 12.1 Å². The van der Waals surface area contributed by atoms with E-state index in [0.717, 1.165) is 18.6 Å². The monoisotopic (exact) mass is 447 g/mol. The highest BCUT2D eigenvalue weighted by atomic mass is 19.4. The summed E-state index contributed by atoms with van der Waals surface area (Å²) in [6, 6.07) is 11.2. The Kier molecular flexibility index (Phi) is 5.64. The lowest BCUT2D eigenvalue weighted by Gasteiger charge is -2.16. The van der Waals surface area contributed by atoms with Crippen molar-refractivity contribution < 1.29 is 27.2 Å². The van der Waals surface area contributed by atoms with Crippen LogP contribution in [-0.4, -0.2) is 33.4 Å². The van der Waals surface area contributed by atoms with E-state index in [9.17, 15) is 27.2 Å². The molecule has 11 heteroatoms. The van der Waals surface area contributed by atoms with E-state index in [1.807, 2.05) is 0 Å². The van der Waals surface area contributed by atoms with Crippen LogP contribution in [-0.2, 0) is 17.5 Å². The summed E-state index contributed by atoms with van der Waals surface area (Å²) in [5.74, 6) is -1.84. The van der Waals surface area contributed by atoms with Gasteiger partial charge in [-0.3, -0.25) is 9.59 Å². The molecule has 0 bridgehead atoms. The number of nitrogens with zero attached hydrogens (tertiary/aromatic N) is 4. The summed E-state index contributed by atoms with van der Waals surface area (Å²) in [6.07, 6.45) is -3.75. The maximum atomic E-state index is 13.7. The Bertz CT molecular complexity index is 1170. The number of nitrogens with one attached hydrogen (secondary N) is 1. The Morgan fingerprint density at radius 1 is 1.09 bits per heavy atom. The molecule has 0 radical (unpaired) electrons.